The SMILES string of the molecule is CC(C)c1ccc(-c2nnn(-c3ccccc3)c2N)cc1. The molecule has 106 valence electrons. The standard InChI is InChI=1S/C17H18N4/c1-12(2)13-8-10-14(11-9-13)16-17(18)21(20-19-16)15-6-4-3-5-7-15/h3-12H,18H2,1-2H3. The summed E-state index contributed by atoms with van der Waals surface area (Å²) in [4.78, 5) is 0. The van der Waals surface area contributed by atoms with Crippen LogP contribution in [0.3, 0.4) is 0 Å². The Morgan fingerprint density at radius 3 is 2.24 bits per heavy atom. The molecule has 0 unspecified atom stereocenters. The summed E-state index contributed by atoms with van der Waals surface area (Å²) in [5, 5.41) is 8.39. The number of hydrogen-bond acceptors (Lipinski definition) is 3. The molecule has 2 aromatic carbocycles. The van der Waals surface area contributed by atoms with Gasteiger partial charge in [-0.25, -0.2) is 0 Å². The Bertz CT molecular complexity index is 727. The number of rotatable bonds is 3. The minimum Gasteiger partial charge on any atom is -0.382 e. The van der Waals surface area contributed by atoms with Gasteiger partial charge < -0.3 is 5.73 Å². The van der Waals surface area contributed by atoms with Gasteiger partial charge in [0.1, 0.15) is 5.69 Å². The molecule has 0 aliphatic heterocycles. The predicted molar refractivity (Wildman–Crippen MR) is 85.3 cm³/mol. The minimum absolute atomic E-state index is 0.511. The van der Waals surface area contributed by atoms with E-state index in [1.807, 2.05) is 42.5 Å². The summed E-state index contributed by atoms with van der Waals surface area (Å²) in [5.74, 6) is 1.06. The van der Waals surface area contributed by atoms with E-state index in [9.17, 15) is 0 Å². The highest BCUT2D eigenvalue weighted by molar-refractivity contribution is 5.71. The number of nitrogen functional groups attached to an aromatic ring is 1. The van der Waals surface area contributed by atoms with Crippen LogP contribution in [0.15, 0.2) is 54.6 Å². The molecule has 0 spiro atoms. The third-order valence-electron chi connectivity index (χ3n) is 3.56. The number of nitrogens with two attached hydrogens (primary N) is 1. The second-order valence-corrected chi connectivity index (χ2v) is 5.35. The fourth-order valence-corrected chi connectivity index (χ4v) is 2.28. The van der Waals surface area contributed by atoms with E-state index in [0.29, 0.717) is 17.4 Å². The first-order chi connectivity index (χ1) is 10.2. The molecule has 1 heterocycles. The largest absolute Gasteiger partial charge is 0.382 e. The molecule has 4 nitrogen and oxygen atoms in total. The van der Waals surface area contributed by atoms with E-state index in [-0.39, 0.29) is 0 Å². The van der Waals surface area contributed by atoms with Crippen LogP contribution in [0.25, 0.3) is 16.9 Å². The maximum Gasteiger partial charge on any atom is 0.155 e. The highest BCUT2D eigenvalue weighted by atomic mass is 15.5. The van der Waals surface area contributed by atoms with Crippen molar-refractivity contribution in [3.05, 3.63) is 60.2 Å². The lowest BCUT2D eigenvalue weighted by atomic mass is 10.0. The second kappa shape index (κ2) is 5.40. The topological polar surface area (TPSA) is 56.7 Å². The Labute approximate surface area is 124 Å². The van der Waals surface area contributed by atoms with Crippen molar-refractivity contribution in [2.45, 2.75) is 19.8 Å². The first-order valence-electron chi connectivity index (χ1n) is 7.03. The lowest BCUT2D eigenvalue weighted by Gasteiger charge is -2.06. The smallest absolute Gasteiger partial charge is 0.155 e. The normalized spacial score (nSPS) is 11.0. The molecule has 2 N–H and O–H groups in total. The summed E-state index contributed by atoms with van der Waals surface area (Å²) in [6, 6.07) is 18.1. The monoisotopic (exact) mass is 278 g/mol. The van der Waals surface area contributed by atoms with Crippen LogP contribution in [0.1, 0.15) is 25.3 Å². The molecule has 0 radical (unpaired) electrons. The van der Waals surface area contributed by atoms with Crippen molar-refractivity contribution in [1.82, 2.24) is 15.0 Å². The van der Waals surface area contributed by atoms with Crippen molar-refractivity contribution in [3.8, 4) is 16.9 Å². The minimum atomic E-state index is 0.511. The lowest BCUT2D eigenvalue weighted by Crippen LogP contribution is -2.01. The van der Waals surface area contributed by atoms with Gasteiger partial charge in [0.15, 0.2) is 5.82 Å². The Kier molecular flexibility index (Phi) is 3.44. The molecule has 0 saturated heterocycles. The van der Waals surface area contributed by atoms with Crippen molar-refractivity contribution in [1.29, 1.82) is 0 Å². The van der Waals surface area contributed by atoms with Crippen molar-refractivity contribution >= 4 is 5.82 Å². The summed E-state index contributed by atoms with van der Waals surface area (Å²) >= 11 is 0. The Balaban J connectivity index is 1.99. The van der Waals surface area contributed by atoms with Crippen molar-refractivity contribution in [3.63, 3.8) is 0 Å². The summed E-state index contributed by atoms with van der Waals surface area (Å²) < 4.78 is 1.66. The maximum absolute atomic E-state index is 6.20. The van der Waals surface area contributed by atoms with Crippen molar-refractivity contribution in [2.75, 3.05) is 5.73 Å². The lowest BCUT2D eigenvalue weighted by molar-refractivity contribution is 0.810. The van der Waals surface area contributed by atoms with Gasteiger partial charge in [0.05, 0.1) is 5.69 Å². The van der Waals surface area contributed by atoms with Crippen LogP contribution in [0.4, 0.5) is 5.82 Å². The van der Waals surface area contributed by atoms with E-state index in [1.54, 1.807) is 4.68 Å². The Hall–Kier alpha value is -2.62. The molecular weight excluding hydrogens is 260 g/mol. The number of para-hydroxylation sites is 1. The summed E-state index contributed by atoms with van der Waals surface area (Å²) in [6.45, 7) is 4.35. The average Bonchev–Trinajstić information content (AvgIpc) is 2.90. The first kappa shape index (κ1) is 13.4. The number of aromatic nitrogens is 3. The van der Waals surface area contributed by atoms with Gasteiger partial charge >= 0.3 is 0 Å². The van der Waals surface area contributed by atoms with Gasteiger partial charge in [-0.15, -0.1) is 5.10 Å². The summed E-state index contributed by atoms with van der Waals surface area (Å²) in [5.41, 5.74) is 10.1. The molecule has 1 aromatic heterocycles. The third kappa shape index (κ3) is 2.52. The zero-order valence-electron chi connectivity index (χ0n) is 12.2. The van der Waals surface area contributed by atoms with E-state index in [2.05, 4.69) is 36.3 Å². The van der Waals surface area contributed by atoms with Gasteiger partial charge in [-0.05, 0) is 23.6 Å². The predicted octanol–water partition coefficient (Wildman–Crippen LogP) is 3.64. The van der Waals surface area contributed by atoms with Crippen LogP contribution in [0.2, 0.25) is 0 Å². The van der Waals surface area contributed by atoms with Crippen LogP contribution < -0.4 is 5.73 Å². The Morgan fingerprint density at radius 2 is 1.62 bits per heavy atom. The van der Waals surface area contributed by atoms with Crippen molar-refractivity contribution < 1.29 is 0 Å². The Morgan fingerprint density at radius 1 is 0.952 bits per heavy atom. The molecule has 3 aromatic rings. The van der Waals surface area contributed by atoms with Crippen molar-refractivity contribution in [2.24, 2.45) is 0 Å². The van der Waals surface area contributed by atoms with Crippen LogP contribution >= 0.6 is 0 Å². The van der Waals surface area contributed by atoms with E-state index in [4.69, 9.17) is 5.73 Å². The zero-order chi connectivity index (χ0) is 14.8. The number of hydrogen-bond donors (Lipinski definition) is 1. The third-order valence-corrected chi connectivity index (χ3v) is 3.56. The number of nitrogens with zero attached hydrogens (tertiary/aromatic N) is 3. The van der Waals surface area contributed by atoms with Gasteiger partial charge in [0.25, 0.3) is 0 Å². The maximum atomic E-state index is 6.20. The first-order valence-corrected chi connectivity index (χ1v) is 7.03. The summed E-state index contributed by atoms with van der Waals surface area (Å²) in [7, 11) is 0. The fraction of sp³-hybridized carbons (Fsp3) is 0.176. The van der Waals surface area contributed by atoms with Crippen LogP contribution in [0.5, 0.6) is 0 Å². The fourth-order valence-electron chi connectivity index (χ4n) is 2.28. The molecule has 0 amide bonds. The molecule has 0 fully saturated rings. The molecule has 0 bridgehead atoms. The molecule has 0 saturated carbocycles. The average molecular weight is 278 g/mol. The molecular formula is C17H18N4. The number of benzene rings is 2. The second-order valence-electron chi connectivity index (χ2n) is 5.35. The quantitative estimate of drug-likeness (QED) is 0.795. The molecule has 4 heteroatoms. The molecule has 0 aliphatic rings. The van der Waals surface area contributed by atoms with E-state index in [1.165, 1.54) is 5.56 Å². The molecule has 0 aliphatic carbocycles. The highest BCUT2D eigenvalue weighted by Crippen LogP contribution is 2.26. The summed E-state index contributed by atoms with van der Waals surface area (Å²) in [6.07, 6.45) is 0. The van der Waals surface area contributed by atoms with Gasteiger partial charge in [0, 0.05) is 5.56 Å². The van der Waals surface area contributed by atoms with Gasteiger partial charge in [-0.2, -0.15) is 4.68 Å². The number of anilines is 1. The van der Waals surface area contributed by atoms with Crippen LogP contribution in [-0.4, -0.2) is 15.0 Å². The van der Waals surface area contributed by atoms with Gasteiger partial charge in [-0.3, -0.25) is 0 Å². The molecule has 3 rings (SSSR count). The molecule has 21 heavy (non-hydrogen) atoms. The molecule has 0 atom stereocenters. The van der Waals surface area contributed by atoms with E-state index >= 15 is 0 Å². The van der Waals surface area contributed by atoms with E-state index in [0.717, 1.165) is 11.3 Å². The van der Waals surface area contributed by atoms with Crippen LogP contribution in [0, 0.1) is 0 Å². The van der Waals surface area contributed by atoms with Gasteiger partial charge in [-0.1, -0.05) is 61.5 Å². The van der Waals surface area contributed by atoms with Crippen LogP contribution in [-0.2, 0) is 0 Å². The zero-order valence-corrected chi connectivity index (χ0v) is 12.2. The van der Waals surface area contributed by atoms with E-state index < -0.39 is 0 Å². The van der Waals surface area contributed by atoms with Gasteiger partial charge in [0.2, 0.25) is 0 Å². The highest BCUT2D eigenvalue weighted by Gasteiger charge is 2.13.